The molecule has 1 aromatic heterocycles. The van der Waals surface area contributed by atoms with Crippen LogP contribution < -0.4 is 5.73 Å². The molecule has 0 bridgehead atoms. The molecular weight excluding hydrogens is 210 g/mol. The summed E-state index contributed by atoms with van der Waals surface area (Å²) in [6.07, 6.45) is 6.35. The number of rotatable bonds is 2. The number of aromatic nitrogens is 2. The molecule has 1 saturated carbocycles. The molecule has 0 unspecified atom stereocenters. The molecule has 0 radical (unpaired) electrons. The van der Waals surface area contributed by atoms with Crippen molar-refractivity contribution in [1.29, 1.82) is 0 Å². The molecule has 90 valence electrons. The molecule has 0 amide bonds. The third-order valence-corrected chi connectivity index (χ3v) is 4.25. The van der Waals surface area contributed by atoms with Crippen molar-refractivity contribution in [3.8, 4) is 0 Å². The molecule has 1 aliphatic carbocycles. The van der Waals surface area contributed by atoms with Gasteiger partial charge in [-0.3, -0.25) is 0 Å². The number of fused-ring (bicyclic) bond motifs is 1. The van der Waals surface area contributed by atoms with E-state index < -0.39 is 0 Å². The molecule has 1 heterocycles. The number of H-pyrrole nitrogens is 1. The molecule has 3 nitrogen and oxygen atoms in total. The van der Waals surface area contributed by atoms with Crippen molar-refractivity contribution in [2.75, 3.05) is 5.73 Å². The van der Waals surface area contributed by atoms with E-state index in [1.165, 1.54) is 32.1 Å². The number of hydrogen-bond donors (Lipinski definition) is 2. The zero-order chi connectivity index (χ0) is 11.9. The van der Waals surface area contributed by atoms with E-state index in [1.807, 2.05) is 18.2 Å². The van der Waals surface area contributed by atoms with Gasteiger partial charge in [0.15, 0.2) is 0 Å². The summed E-state index contributed by atoms with van der Waals surface area (Å²) in [5.74, 6) is 1.16. The molecule has 0 spiro atoms. The van der Waals surface area contributed by atoms with E-state index in [1.54, 1.807) is 0 Å². The number of nitrogens with zero attached hydrogens (tertiary/aromatic N) is 1. The predicted molar refractivity (Wildman–Crippen MR) is 70.9 cm³/mol. The molecule has 1 aliphatic rings. The Morgan fingerprint density at radius 2 is 2.12 bits per heavy atom. The van der Waals surface area contributed by atoms with Crippen molar-refractivity contribution < 1.29 is 0 Å². The van der Waals surface area contributed by atoms with Crippen LogP contribution in [0.2, 0.25) is 0 Å². The zero-order valence-electron chi connectivity index (χ0n) is 10.3. The largest absolute Gasteiger partial charge is 0.399 e. The number of nitrogens with two attached hydrogens (primary N) is 1. The van der Waals surface area contributed by atoms with Crippen LogP contribution in [-0.4, -0.2) is 9.97 Å². The molecule has 1 fully saturated rings. The number of anilines is 1. The first kappa shape index (κ1) is 10.6. The lowest BCUT2D eigenvalue weighted by molar-refractivity contribution is 0.403. The van der Waals surface area contributed by atoms with Gasteiger partial charge in [0, 0.05) is 11.1 Å². The van der Waals surface area contributed by atoms with Gasteiger partial charge >= 0.3 is 0 Å². The Morgan fingerprint density at radius 1 is 1.35 bits per heavy atom. The van der Waals surface area contributed by atoms with E-state index >= 15 is 0 Å². The van der Waals surface area contributed by atoms with Crippen LogP contribution in [0.15, 0.2) is 18.2 Å². The van der Waals surface area contributed by atoms with Crippen LogP contribution in [-0.2, 0) is 5.41 Å². The summed E-state index contributed by atoms with van der Waals surface area (Å²) in [4.78, 5) is 8.25. The number of imidazole rings is 1. The Balaban J connectivity index is 2.11. The Labute approximate surface area is 101 Å². The van der Waals surface area contributed by atoms with Crippen LogP contribution in [0.5, 0.6) is 0 Å². The Kier molecular flexibility index (Phi) is 2.35. The van der Waals surface area contributed by atoms with E-state index in [-0.39, 0.29) is 5.41 Å². The maximum atomic E-state index is 5.80. The minimum absolute atomic E-state index is 0.285. The van der Waals surface area contributed by atoms with Crippen LogP contribution in [0.25, 0.3) is 11.0 Å². The lowest BCUT2D eigenvalue weighted by Gasteiger charge is -2.24. The van der Waals surface area contributed by atoms with Gasteiger partial charge in [0.2, 0.25) is 0 Å². The van der Waals surface area contributed by atoms with Gasteiger partial charge in [-0.2, -0.15) is 0 Å². The van der Waals surface area contributed by atoms with Gasteiger partial charge in [-0.15, -0.1) is 0 Å². The van der Waals surface area contributed by atoms with E-state index in [9.17, 15) is 0 Å². The molecular formula is C14H19N3. The lowest BCUT2D eigenvalue weighted by Crippen LogP contribution is -2.22. The van der Waals surface area contributed by atoms with Crippen LogP contribution in [0.4, 0.5) is 5.69 Å². The van der Waals surface area contributed by atoms with Gasteiger partial charge < -0.3 is 10.7 Å². The Hall–Kier alpha value is -1.51. The summed E-state index contributed by atoms with van der Waals surface area (Å²) >= 11 is 0. The normalized spacial score (nSPS) is 18.9. The average Bonchev–Trinajstić information content (AvgIpc) is 2.94. The molecule has 2 aromatic rings. The highest BCUT2D eigenvalue weighted by Crippen LogP contribution is 2.42. The van der Waals surface area contributed by atoms with Gasteiger partial charge in [-0.05, 0) is 37.5 Å². The fraction of sp³-hybridized carbons (Fsp3) is 0.500. The van der Waals surface area contributed by atoms with E-state index in [4.69, 9.17) is 10.7 Å². The number of benzene rings is 1. The summed E-state index contributed by atoms with van der Waals surface area (Å²) in [5, 5.41) is 0. The van der Waals surface area contributed by atoms with Crippen molar-refractivity contribution in [3.05, 3.63) is 24.0 Å². The molecule has 0 saturated heterocycles. The van der Waals surface area contributed by atoms with Crippen molar-refractivity contribution in [2.24, 2.45) is 0 Å². The monoisotopic (exact) mass is 229 g/mol. The molecule has 0 atom stereocenters. The molecule has 17 heavy (non-hydrogen) atoms. The zero-order valence-corrected chi connectivity index (χ0v) is 10.3. The summed E-state index contributed by atoms with van der Waals surface area (Å²) in [6.45, 7) is 2.27. The fourth-order valence-electron chi connectivity index (χ4n) is 3.09. The molecule has 3 rings (SSSR count). The lowest BCUT2D eigenvalue weighted by atomic mass is 9.83. The fourth-order valence-corrected chi connectivity index (χ4v) is 3.09. The molecule has 1 aromatic carbocycles. The second-order valence-corrected chi connectivity index (χ2v) is 5.20. The SMILES string of the molecule is CCC1(c2nc3ccc(N)cc3[nH]2)CCCC1. The van der Waals surface area contributed by atoms with Crippen LogP contribution in [0, 0.1) is 0 Å². The highest BCUT2D eigenvalue weighted by atomic mass is 14.9. The highest BCUT2D eigenvalue weighted by Gasteiger charge is 2.36. The molecule has 0 aliphatic heterocycles. The van der Waals surface area contributed by atoms with Crippen LogP contribution in [0.3, 0.4) is 0 Å². The molecule has 3 heteroatoms. The summed E-state index contributed by atoms with van der Waals surface area (Å²) in [6, 6.07) is 5.90. The molecule has 3 N–H and O–H groups in total. The van der Waals surface area contributed by atoms with Crippen LogP contribution in [0.1, 0.15) is 44.9 Å². The number of nitrogens with one attached hydrogen (secondary N) is 1. The number of aromatic amines is 1. The van der Waals surface area contributed by atoms with Gasteiger partial charge in [-0.25, -0.2) is 4.98 Å². The van der Waals surface area contributed by atoms with Crippen molar-refractivity contribution in [3.63, 3.8) is 0 Å². The summed E-state index contributed by atoms with van der Waals surface area (Å²) in [7, 11) is 0. The minimum atomic E-state index is 0.285. The van der Waals surface area contributed by atoms with Gasteiger partial charge in [0.05, 0.1) is 11.0 Å². The maximum absolute atomic E-state index is 5.80. The van der Waals surface area contributed by atoms with Crippen molar-refractivity contribution in [2.45, 2.75) is 44.4 Å². The Bertz CT molecular complexity index is 535. The van der Waals surface area contributed by atoms with Crippen molar-refractivity contribution in [1.82, 2.24) is 9.97 Å². The predicted octanol–water partition coefficient (Wildman–Crippen LogP) is 3.37. The second-order valence-electron chi connectivity index (χ2n) is 5.20. The standard InChI is InChI=1S/C14H19N3/c1-2-14(7-3-4-8-14)13-16-11-6-5-10(15)9-12(11)17-13/h5-6,9H,2-4,7-8,15H2,1H3,(H,16,17). The third-order valence-electron chi connectivity index (χ3n) is 4.25. The van der Waals surface area contributed by atoms with Gasteiger partial charge in [0.25, 0.3) is 0 Å². The van der Waals surface area contributed by atoms with E-state index in [2.05, 4.69) is 11.9 Å². The highest BCUT2D eigenvalue weighted by molar-refractivity contribution is 5.78. The first-order chi connectivity index (χ1) is 8.23. The third kappa shape index (κ3) is 1.61. The van der Waals surface area contributed by atoms with E-state index in [0.717, 1.165) is 22.5 Å². The summed E-state index contributed by atoms with van der Waals surface area (Å²) in [5.41, 5.74) is 8.99. The van der Waals surface area contributed by atoms with Crippen molar-refractivity contribution >= 4 is 16.7 Å². The Morgan fingerprint density at radius 3 is 2.82 bits per heavy atom. The van der Waals surface area contributed by atoms with Gasteiger partial charge in [-0.1, -0.05) is 19.8 Å². The topological polar surface area (TPSA) is 54.7 Å². The van der Waals surface area contributed by atoms with Crippen LogP contribution >= 0.6 is 0 Å². The van der Waals surface area contributed by atoms with Gasteiger partial charge in [0.1, 0.15) is 5.82 Å². The first-order valence-electron chi connectivity index (χ1n) is 6.49. The minimum Gasteiger partial charge on any atom is -0.399 e. The smallest absolute Gasteiger partial charge is 0.113 e. The second kappa shape index (κ2) is 3.76. The maximum Gasteiger partial charge on any atom is 0.113 e. The first-order valence-corrected chi connectivity index (χ1v) is 6.49. The number of nitrogen functional groups attached to an aromatic ring is 1. The average molecular weight is 229 g/mol. The van der Waals surface area contributed by atoms with E-state index in [0.29, 0.717) is 0 Å². The number of hydrogen-bond acceptors (Lipinski definition) is 2. The quantitative estimate of drug-likeness (QED) is 0.776. The summed E-state index contributed by atoms with van der Waals surface area (Å²) < 4.78 is 0.